The first-order chi connectivity index (χ1) is 5.83. The van der Waals surface area contributed by atoms with Crippen molar-refractivity contribution in [1.82, 2.24) is 0 Å². The predicted molar refractivity (Wildman–Crippen MR) is 50.6 cm³/mol. The number of benzene rings is 1. The van der Waals surface area contributed by atoms with Gasteiger partial charge < -0.3 is 4.74 Å². The van der Waals surface area contributed by atoms with E-state index in [9.17, 15) is 0 Å². The fraction of sp³-hybridized carbons (Fsp3) is 0.0909. The fourth-order valence-corrected chi connectivity index (χ4v) is 0.809. The average molecular weight is 160 g/mol. The van der Waals surface area contributed by atoms with E-state index in [0.717, 1.165) is 5.56 Å². The molecule has 0 heterocycles. The van der Waals surface area contributed by atoms with Crippen molar-refractivity contribution in [3.05, 3.63) is 60.9 Å². The number of hydrogen-bond donors (Lipinski definition) is 0. The highest BCUT2D eigenvalue weighted by atomic mass is 16.5. The summed E-state index contributed by atoms with van der Waals surface area (Å²) >= 11 is 0. The third-order valence-electron chi connectivity index (χ3n) is 1.49. The van der Waals surface area contributed by atoms with Crippen LogP contribution in [0.5, 0.6) is 0 Å². The lowest BCUT2D eigenvalue weighted by Crippen LogP contribution is -1.89. The van der Waals surface area contributed by atoms with Crippen LogP contribution in [0, 0.1) is 0 Å². The third-order valence-corrected chi connectivity index (χ3v) is 1.49. The predicted octanol–water partition coefficient (Wildman–Crippen LogP) is 2.90. The summed E-state index contributed by atoms with van der Waals surface area (Å²) < 4.78 is 5.26. The standard InChI is InChI=1S/C11H12O/c1-3-10(2)12-9-11-7-5-4-6-8-11/h3-8H,1-2,9H2. The van der Waals surface area contributed by atoms with Gasteiger partial charge in [0.05, 0.1) is 0 Å². The van der Waals surface area contributed by atoms with Crippen LogP contribution in [0.1, 0.15) is 5.56 Å². The van der Waals surface area contributed by atoms with Crippen molar-refractivity contribution < 1.29 is 4.74 Å². The Bertz CT molecular complexity index is 262. The second-order valence-corrected chi connectivity index (χ2v) is 2.44. The molecule has 1 aromatic carbocycles. The molecule has 0 aliphatic rings. The topological polar surface area (TPSA) is 9.23 Å². The second kappa shape index (κ2) is 4.39. The van der Waals surface area contributed by atoms with Crippen molar-refractivity contribution >= 4 is 0 Å². The van der Waals surface area contributed by atoms with Gasteiger partial charge in [0.1, 0.15) is 12.4 Å². The average Bonchev–Trinajstić information content (AvgIpc) is 2.16. The molecule has 1 heteroatoms. The largest absolute Gasteiger partial charge is 0.490 e. The Hall–Kier alpha value is -1.50. The van der Waals surface area contributed by atoms with Gasteiger partial charge in [-0.2, -0.15) is 0 Å². The molecule has 0 unspecified atom stereocenters. The van der Waals surface area contributed by atoms with Crippen LogP contribution in [0.2, 0.25) is 0 Å². The lowest BCUT2D eigenvalue weighted by molar-refractivity contribution is 0.213. The van der Waals surface area contributed by atoms with E-state index in [4.69, 9.17) is 4.74 Å². The van der Waals surface area contributed by atoms with E-state index in [1.165, 1.54) is 0 Å². The molecule has 0 radical (unpaired) electrons. The molecule has 0 N–H and O–H groups in total. The molecule has 1 aromatic rings. The molecule has 62 valence electrons. The maximum atomic E-state index is 5.26. The third kappa shape index (κ3) is 2.62. The summed E-state index contributed by atoms with van der Waals surface area (Å²) in [7, 11) is 0. The molecule has 1 nitrogen and oxygen atoms in total. The summed E-state index contributed by atoms with van der Waals surface area (Å²) in [4.78, 5) is 0. The van der Waals surface area contributed by atoms with E-state index in [2.05, 4.69) is 13.2 Å². The molecule has 1 rings (SSSR count). The van der Waals surface area contributed by atoms with Crippen molar-refractivity contribution in [2.45, 2.75) is 6.61 Å². The first kappa shape index (κ1) is 8.60. The molecule has 0 aliphatic heterocycles. The fourth-order valence-electron chi connectivity index (χ4n) is 0.809. The highest BCUT2D eigenvalue weighted by molar-refractivity contribution is 5.14. The monoisotopic (exact) mass is 160 g/mol. The molecule has 12 heavy (non-hydrogen) atoms. The van der Waals surface area contributed by atoms with Crippen LogP contribution in [-0.4, -0.2) is 0 Å². The van der Waals surface area contributed by atoms with Crippen LogP contribution in [0.25, 0.3) is 0 Å². The summed E-state index contributed by atoms with van der Waals surface area (Å²) in [6.07, 6.45) is 1.60. The molecule has 0 bridgehead atoms. The Labute approximate surface area is 73.0 Å². The van der Waals surface area contributed by atoms with Gasteiger partial charge >= 0.3 is 0 Å². The first-order valence-corrected chi connectivity index (χ1v) is 3.81. The molecule has 0 spiro atoms. The number of ether oxygens (including phenoxy) is 1. The zero-order chi connectivity index (χ0) is 8.81. The Morgan fingerprint density at radius 3 is 2.58 bits per heavy atom. The number of hydrogen-bond acceptors (Lipinski definition) is 1. The molecule has 0 saturated heterocycles. The molecule has 0 atom stereocenters. The molecule has 0 aromatic heterocycles. The van der Waals surface area contributed by atoms with E-state index in [-0.39, 0.29) is 0 Å². The van der Waals surface area contributed by atoms with Crippen LogP contribution in [0.4, 0.5) is 0 Å². The lowest BCUT2D eigenvalue weighted by atomic mass is 10.2. The van der Waals surface area contributed by atoms with Gasteiger partial charge in [0.2, 0.25) is 0 Å². The lowest BCUT2D eigenvalue weighted by Gasteiger charge is -2.04. The van der Waals surface area contributed by atoms with Crippen LogP contribution >= 0.6 is 0 Å². The van der Waals surface area contributed by atoms with Gasteiger partial charge in [0.25, 0.3) is 0 Å². The van der Waals surface area contributed by atoms with Gasteiger partial charge in [-0.3, -0.25) is 0 Å². The normalized spacial score (nSPS) is 9.00. The Morgan fingerprint density at radius 1 is 1.33 bits per heavy atom. The summed E-state index contributed by atoms with van der Waals surface area (Å²) in [6.45, 7) is 7.76. The smallest absolute Gasteiger partial charge is 0.113 e. The van der Waals surface area contributed by atoms with E-state index >= 15 is 0 Å². The summed E-state index contributed by atoms with van der Waals surface area (Å²) in [6, 6.07) is 9.96. The minimum Gasteiger partial charge on any atom is -0.490 e. The molecular formula is C11H12O. The SMILES string of the molecule is C=CC(=C)OCc1ccccc1. The van der Waals surface area contributed by atoms with Crippen molar-refractivity contribution in [3.8, 4) is 0 Å². The second-order valence-electron chi connectivity index (χ2n) is 2.44. The zero-order valence-electron chi connectivity index (χ0n) is 6.99. The van der Waals surface area contributed by atoms with Crippen LogP contribution in [0.15, 0.2) is 55.3 Å². The molecule has 0 fully saturated rings. The quantitative estimate of drug-likeness (QED) is 0.486. The highest BCUT2D eigenvalue weighted by Crippen LogP contribution is 2.04. The Morgan fingerprint density at radius 2 is 2.00 bits per heavy atom. The van der Waals surface area contributed by atoms with Crippen molar-refractivity contribution in [2.24, 2.45) is 0 Å². The van der Waals surface area contributed by atoms with Crippen molar-refractivity contribution in [3.63, 3.8) is 0 Å². The van der Waals surface area contributed by atoms with E-state index in [1.807, 2.05) is 30.3 Å². The zero-order valence-corrected chi connectivity index (χ0v) is 6.99. The number of allylic oxidation sites excluding steroid dienone is 1. The summed E-state index contributed by atoms with van der Waals surface area (Å²) in [5.41, 5.74) is 1.14. The molecule has 0 saturated carbocycles. The van der Waals surface area contributed by atoms with Gasteiger partial charge in [-0.15, -0.1) is 0 Å². The van der Waals surface area contributed by atoms with Gasteiger partial charge in [-0.05, 0) is 11.6 Å². The van der Waals surface area contributed by atoms with Gasteiger partial charge in [0.15, 0.2) is 0 Å². The van der Waals surface area contributed by atoms with Crippen LogP contribution in [-0.2, 0) is 11.3 Å². The first-order valence-electron chi connectivity index (χ1n) is 3.81. The minimum absolute atomic E-state index is 0.561. The van der Waals surface area contributed by atoms with Crippen LogP contribution in [0.3, 0.4) is 0 Å². The van der Waals surface area contributed by atoms with Gasteiger partial charge in [0, 0.05) is 0 Å². The summed E-state index contributed by atoms with van der Waals surface area (Å²) in [5.74, 6) is 0.610. The van der Waals surface area contributed by atoms with E-state index in [1.54, 1.807) is 6.08 Å². The maximum absolute atomic E-state index is 5.26. The Kier molecular flexibility index (Phi) is 3.15. The Balaban J connectivity index is 2.43. The van der Waals surface area contributed by atoms with E-state index in [0.29, 0.717) is 12.4 Å². The van der Waals surface area contributed by atoms with Gasteiger partial charge in [-0.25, -0.2) is 0 Å². The highest BCUT2D eigenvalue weighted by Gasteiger charge is 1.90. The maximum Gasteiger partial charge on any atom is 0.113 e. The summed E-state index contributed by atoms with van der Waals surface area (Å²) in [5, 5.41) is 0. The van der Waals surface area contributed by atoms with Crippen molar-refractivity contribution in [2.75, 3.05) is 0 Å². The van der Waals surface area contributed by atoms with Gasteiger partial charge in [-0.1, -0.05) is 43.5 Å². The molecule has 0 aliphatic carbocycles. The van der Waals surface area contributed by atoms with E-state index < -0.39 is 0 Å². The van der Waals surface area contributed by atoms with Crippen molar-refractivity contribution in [1.29, 1.82) is 0 Å². The minimum atomic E-state index is 0.561. The molecular weight excluding hydrogens is 148 g/mol. The van der Waals surface area contributed by atoms with Crippen LogP contribution < -0.4 is 0 Å². The number of rotatable bonds is 4. The molecule has 0 amide bonds.